The summed E-state index contributed by atoms with van der Waals surface area (Å²) in [6, 6.07) is 5.88. The second-order valence-electron chi connectivity index (χ2n) is 5.80. The number of nitrogens with zero attached hydrogens (tertiary/aromatic N) is 1. The molecule has 0 spiro atoms. The van der Waals surface area contributed by atoms with Gasteiger partial charge in [-0.1, -0.05) is 0 Å². The van der Waals surface area contributed by atoms with Gasteiger partial charge in [-0.25, -0.2) is 0 Å². The number of halogens is 2. The Balaban J connectivity index is 1.91. The third-order valence-corrected chi connectivity index (χ3v) is 4.09. The predicted molar refractivity (Wildman–Crippen MR) is 82.8 cm³/mol. The van der Waals surface area contributed by atoms with Crippen molar-refractivity contribution in [3.05, 3.63) is 29.8 Å². The van der Waals surface area contributed by atoms with E-state index in [0.717, 1.165) is 45.4 Å². The maximum atomic E-state index is 12.5. The highest BCUT2D eigenvalue weighted by Gasteiger charge is 2.24. The van der Waals surface area contributed by atoms with Gasteiger partial charge in [-0.05, 0) is 55.9 Å². The lowest BCUT2D eigenvalue weighted by Gasteiger charge is -2.33. The predicted octanol–water partition coefficient (Wildman–Crippen LogP) is 3.57. The summed E-state index contributed by atoms with van der Waals surface area (Å²) < 4.78 is 33.6. The van der Waals surface area contributed by atoms with Crippen LogP contribution in [0.1, 0.15) is 36.0 Å². The molecule has 1 fully saturated rings. The van der Waals surface area contributed by atoms with Gasteiger partial charge in [0.05, 0.1) is 0 Å². The minimum atomic E-state index is -2.86. The first-order chi connectivity index (χ1) is 11.1. The summed E-state index contributed by atoms with van der Waals surface area (Å²) >= 11 is 0. The van der Waals surface area contributed by atoms with E-state index in [0.29, 0.717) is 11.5 Å². The number of alkyl halides is 2. The SMILES string of the molecule is COCCCC1CCCN(C(=O)c2ccc(OC(F)F)cc2)C1. The highest BCUT2D eigenvalue weighted by molar-refractivity contribution is 5.94. The van der Waals surface area contributed by atoms with Crippen LogP contribution in [0.3, 0.4) is 0 Å². The fourth-order valence-electron chi connectivity index (χ4n) is 2.96. The lowest BCUT2D eigenvalue weighted by atomic mass is 9.93. The Bertz CT molecular complexity index is 493. The summed E-state index contributed by atoms with van der Waals surface area (Å²) in [5.41, 5.74) is 0.504. The van der Waals surface area contributed by atoms with E-state index in [1.54, 1.807) is 7.11 Å². The fraction of sp³-hybridized carbons (Fsp3) is 0.588. The number of methoxy groups -OCH3 is 1. The third-order valence-electron chi connectivity index (χ3n) is 4.09. The molecule has 2 rings (SSSR count). The van der Waals surface area contributed by atoms with E-state index in [2.05, 4.69) is 4.74 Å². The number of carbonyl (C=O) groups is 1. The van der Waals surface area contributed by atoms with Crippen LogP contribution in [0.15, 0.2) is 24.3 Å². The molecule has 1 heterocycles. The Kier molecular flexibility index (Phi) is 6.77. The van der Waals surface area contributed by atoms with Crippen LogP contribution in [0.5, 0.6) is 5.75 Å². The van der Waals surface area contributed by atoms with Crippen LogP contribution in [-0.4, -0.2) is 44.2 Å². The van der Waals surface area contributed by atoms with Gasteiger partial charge < -0.3 is 14.4 Å². The topological polar surface area (TPSA) is 38.8 Å². The number of amides is 1. The number of carbonyl (C=O) groups excluding carboxylic acids is 1. The summed E-state index contributed by atoms with van der Waals surface area (Å²) in [4.78, 5) is 14.4. The summed E-state index contributed by atoms with van der Waals surface area (Å²) in [6.45, 7) is -0.616. The van der Waals surface area contributed by atoms with Crippen molar-refractivity contribution in [1.29, 1.82) is 0 Å². The van der Waals surface area contributed by atoms with Gasteiger partial charge in [-0.2, -0.15) is 8.78 Å². The largest absolute Gasteiger partial charge is 0.435 e. The van der Waals surface area contributed by atoms with Crippen molar-refractivity contribution in [3.63, 3.8) is 0 Å². The van der Waals surface area contributed by atoms with Crippen molar-refractivity contribution in [2.24, 2.45) is 5.92 Å². The first-order valence-electron chi connectivity index (χ1n) is 7.93. The van der Waals surface area contributed by atoms with Crippen molar-refractivity contribution in [2.45, 2.75) is 32.3 Å². The van der Waals surface area contributed by atoms with Crippen LogP contribution in [-0.2, 0) is 4.74 Å². The molecule has 0 saturated carbocycles. The van der Waals surface area contributed by atoms with Gasteiger partial charge in [0.1, 0.15) is 5.75 Å². The highest BCUT2D eigenvalue weighted by atomic mass is 19.3. The molecular formula is C17H23F2NO3. The normalized spacial score (nSPS) is 18.3. The van der Waals surface area contributed by atoms with Gasteiger partial charge in [0.2, 0.25) is 0 Å². The third kappa shape index (κ3) is 5.46. The standard InChI is InChI=1S/C17H23F2NO3/c1-22-11-3-5-13-4-2-10-20(12-13)16(21)14-6-8-15(9-7-14)23-17(18)19/h6-9,13,17H,2-5,10-12H2,1H3. The number of hydrogen-bond acceptors (Lipinski definition) is 3. The molecule has 0 aromatic heterocycles. The zero-order valence-electron chi connectivity index (χ0n) is 13.3. The lowest BCUT2D eigenvalue weighted by molar-refractivity contribution is -0.0498. The molecule has 4 nitrogen and oxygen atoms in total. The molecule has 1 saturated heterocycles. The van der Waals surface area contributed by atoms with E-state index in [1.165, 1.54) is 24.3 Å². The minimum absolute atomic E-state index is 0.0509. The molecule has 1 amide bonds. The number of likely N-dealkylation sites (tertiary alicyclic amines) is 1. The molecular weight excluding hydrogens is 304 g/mol. The lowest BCUT2D eigenvalue weighted by Crippen LogP contribution is -2.40. The number of piperidine rings is 1. The van der Waals surface area contributed by atoms with Crippen LogP contribution >= 0.6 is 0 Å². The van der Waals surface area contributed by atoms with Gasteiger partial charge in [0, 0.05) is 32.4 Å². The highest BCUT2D eigenvalue weighted by Crippen LogP contribution is 2.23. The molecule has 1 aromatic carbocycles. The smallest absolute Gasteiger partial charge is 0.387 e. The van der Waals surface area contributed by atoms with E-state index in [4.69, 9.17) is 4.74 Å². The first kappa shape index (κ1) is 17.7. The molecule has 1 aliphatic heterocycles. The molecule has 1 aromatic rings. The number of ether oxygens (including phenoxy) is 2. The molecule has 128 valence electrons. The zero-order chi connectivity index (χ0) is 16.7. The maximum absolute atomic E-state index is 12.5. The van der Waals surface area contributed by atoms with Crippen molar-refractivity contribution >= 4 is 5.91 Å². The van der Waals surface area contributed by atoms with E-state index < -0.39 is 6.61 Å². The summed E-state index contributed by atoms with van der Waals surface area (Å²) in [5.74, 6) is 0.516. The average Bonchev–Trinajstić information content (AvgIpc) is 2.55. The average molecular weight is 327 g/mol. The molecule has 0 aliphatic carbocycles. The molecule has 0 radical (unpaired) electrons. The second kappa shape index (κ2) is 8.82. The van der Waals surface area contributed by atoms with Crippen LogP contribution in [0.2, 0.25) is 0 Å². The molecule has 0 N–H and O–H groups in total. The Hall–Kier alpha value is -1.69. The number of hydrogen-bond donors (Lipinski definition) is 0. The zero-order valence-corrected chi connectivity index (χ0v) is 13.3. The van der Waals surface area contributed by atoms with Crippen molar-refractivity contribution < 1.29 is 23.0 Å². The van der Waals surface area contributed by atoms with Gasteiger partial charge >= 0.3 is 6.61 Å². The van der Waals surface area contributed by atoms with Crippen molar-refractivity contribution in [1.82, 2.24) is 4.90 Å². The van der Waals surface area contributed by atoms with E-state index in [9.17, 15) is 13.6 Å². The Morgan fingerprint density at radius 3 is 2.74 bits per heavy atom. The van der Waals surface area contributed by atoms with Crippen LogP contribution in [0, 0.1) is 5.92 Å². The second-order valence-corrected chi connectivity index (χ2v) is 5.80. The van der Waals surface area contributed by atoms with Gasteiger partial charge in [0.25, 0.3) is 5.91 Å². The van der Waals surface area contributed by atoms with E-state index >= 15 is 0 Å². The Morgan fingerprint density at radius 1 is 1.35 bits per heavy atom. The molecule has 1 unspecified atom stereocenters. The Morgan fingerprint density at radius 2 is 2.09 bits per heavy atom. The minimum Gasteiger partial charge on any atom is -0.435 e. The van der Waals surface area contributed by atoms with E-state index in [-0.39, 0.29) is 11.7 Å². The molecule has 1 atom stereocenters. The van der Waals surface area contributed by atoms with Gasteiger partial charge in [-0.3, -0.25) is 4.79 Å². The van der Waals surface area contributed by atoms with Crippen LogP contribution < -0.4 is 4.74 Å². The number of benzene rings is 1. The molecule has 6 heteroatoms. The van der Waals surface area contributed by atoms with Crippen LogP contribution in [0.4, 0.5) is 8.78 Å². The number of rotatable bonds is 7. The monoisotopic (exact) mass is 327 g/mol. The van der Waals surface area contributed by atoms with Crippen LogP contribution in [0.25, 0.3) is 0 Å². The quantitative estimate of drug-likeness (QED) is 0.719. The Labute approximate surface area is 135 Å². The summed E-state index contributed by atoms with van der Waals surface area (Å²) in [5, 5.41) is 0. The molecule has 1 aliphatic rings. The maximum Gasteiger partial charge on any atom is 0.387 e. The van der Waals surface area contributed by atoms with E-state index in [1.807, 2.05) is 4.90 Å². The molecule has 23 heavy (non-hydrogen) atoms. The summed E-state index contributed by atoms with van der Waals surface area (Å²) in [7, 11) is 1.69. The van der Waals surface area contributed by atoms with Gasteiger partial charge in [-0.15, -0.1) is 0 Å². The fourth-order valence-corrected chi connectivity index (χ4v) is 2.96. The van der Waals surface area contributed by atoms with Crippen molar-refractivity contribution in [3.8, 4) is 5.75 Å². The summed E-state index contributed by atoms with van der Waals surface area (Å²) in [6.07, 6.45) is 4.19. The van der Waals surface area contributed by atoms with Crippen molar-refractivity contribution in [2.75, 3.05) is 26.8 Å². The van der Waals surface area contributed by atoms with Gasteiger partial charge in [0.15, 0.2) is 0 Å². The first-order valence-corrected chi connectivity index (χ1v) is 7.93. The molecule has 0 bridgehead atoms.